The number of unbranched alkanes of at least 4 members (excludes halogenated alkanes) is 5. The summed E-state index contributed by atoms with van der Waals surface area (Å²) in [5.74, 6) is -1.51. The van der Waals surface area contributed by atoms with Crippen LogP contribution in [0.1, 0.15) is 119 Å². The van der Waals surface area contributed by atoms with E-state index in [0.717, 1.165) is 51.4 Å². The van der Waals surface area contributed by atoms with E-state index in [-0.39, 0.29) is 22.6 Å². The summed E-state index contributed by atoms with van der Waals surface area (Å²) < 4.78 is 13.3. The average Bonchev–Trinajstić information content (AvgIpc) is 2.78. The molecule has 0 aliphatic heterocycles. The molecule has 9 heteroatoms. The van der Waals surface area contributed by atoms with Crippen LogP contribution in [0.15, 0.2) is 0 Å². The number of rotatable bonds is 22. The van der Waals surface area contributed by atoms with Crippen LogP contribution in [0.4, 0.5) is 0 Å². The number of carboxylic acid groups (broad SMARTS) is 2. The SMILES string of the molecule is CCCCCCC(C(=O)O)N(CCCO[Si](C)(C)C(C)(C)C)CC(CCCCCC(=O)O)O[Si](C)(C)C(C)(C)C. The molecule has 0 saturated heterocycles. The molecule has 0 bridgehead atoms. The van der Waals surface area contributed by atoms with Gasteiger partial charge in [-0.3, -0.25) is 14.5 Å². The molecular weight excluding hydrogens is 539 g/mol. The van der Waals surface area contributed by atoms with Gasteiger partial charge in [-0.15, -0.1) is 0 Å². The van der Waals surface area contributed by atoms with Crippen LogP contribution in [0.3, 0.4) is 0 Å². The highest BCUT2D eigenvalue weighted by Gasteiger charge is 2.40. The Morgan fingerprint density at radius 3 is 1.82 bits per heavy atom. The van der Waals surface area contributed by atoms with Crippen LogP contribution in [0.5, 0.6) is 0 Å². The molecule has 0 aliphatic rings. The largest absolute Gasteiger partial charge is 0.481 e. The molecule has 0 spiro atoms. The first kappa shape index (κ1) is 39.3. The van der Waals surface area contributed by atoms with E-state index in [2.05, 4.69) is 79.6 Å². The molecule has 0 heterocycles. The predicted octanol–water partition coefficient (Wildman–Crippen LogP) is 8.55. The Hall–Kier alpha value is -0.746. The van der Waals surface area contributed by atoms with E-state index in [1.165, 1.54) is 0 Å². The first-order valence-electron chi connectivity index (χ1n) is 15.8. The maximum Gasteiger partial charge on any atom is 0.320 e. The maximum absolute atomic E-state index is 12.6. The molecule has 0 saturated carbocycles. The summed E-state index contributed by atoms with van der Waals surface area (Å²) in [6.07, 6.45) is 8.93. The van der Waals surface area contributed by atoms with Crippen LogP contribution in [-0.4, -0.2) is 75.5 Å². The van der Waals surface area contributed by atoms with E-state index < -0.39 is 34.6 Å². The Labute approximate surface area is 249 Å². The van der Waals surface area contributed by atoms with E-state index in [1.54, 1.807) is 0 Å². The summed E-state index contributed by atoms with van der Waals surface area (Å²) in [4.78, 5) is 25.7. The van der Waals surface area contributed by atoms with Crippen molar-refractivity contribution >= 4 is 28.6 Å². The molecule has 0 aromatic heterocycles. The van der Waals surface area contributed by atoms with Gasteiger partial charge in [-0.1, -0.05) is 87.0 Å². The van der Waals surface area contributed by atoms with Gasteiger partial charge in [-0.05, 0) is 61.9 Å². The van der Waals surface area contributed by atoms with Crippen molar-refractivity contribution < 1.29 is 28.7 Å². The van der Waals surface area contributed by atoms with Gasteiger partial charge in [0.05, 0.1) is 6.10 Å². The summed E-state index contributed by atoms with van der Waals surface area (Å²) >= 11 is 0. The smallest absolute Gasteiger partial charge is 0.320 e. The van der Waals surface area contributed by atoms with Crippen molar-refractivity contribution in [3.05, 3.63) is 0 Å². The maximum atomic E-state index is 12.6. The third kappa shape index (κ3) is 15.5. The molecule has 0 aliphatic carbocycles. The third-order valence-electron chi connectivity index (χ3n) is 9.04. The number of nitrogens with zero attached hydrogens (tertiary/aromatic N) is 1. The zero-order valence-electron chi connectivity index (χ0n) is 28.0. The molecule has 0 aromatic carbocycles. The van der Waals surface area contributed by atoms with Crippen molar-refractivity contribution in [2.45, 2.75) is 168 Å². The third-order valence-corrected chi connectivity index (χ3v) is 18.1. The summed E-state index contributed by atoms with van der Waals surface area (Å²) in [6, 6.07) is -0.540. The lowest BCUT2D eigenvalue weighted by molar-refractivity contribution is -0.144. The molecule has 2 unspecified atom stereocenters. The Morgan fingerprint density at radius 2 is 1.32 bits per heavy atom. The zero-order valence-corrected chi connectivity index (χ0v) is 30.0. The molecule has 0 fully saturated rings. The van der Waals surface area contributed by atoms with E-state index >= 15 is 0 Å². The summed E-state index contributed by atoms with van der Waals surface area (Å²) in [6.45, 7) is 26.5. The summed E-state index contributed by atoms with van der Waals surface area (Å²) in [7, 11) is -3.96. The van der Waals surface area contributed by atoms with Crippen molar-refractivity contribution in [2.75, 3.05) is 19.7 Å². The minimum Gasteiger partial charge on any atom is -0.481 e. The minimum absolute atomic E-state index is 0.0444. The lowest BCUT2D eigenvalue weighted by Gasteiger charge is -2.41. The highest BCUT2D eigenvalue weighted by Crippen LogP contribution is 2.38. The van der Waals surface area contributed by atoms with Crippen LogP contribution in [0.2, 0.25) is 36.3 Å². The van der Waals surface area contributed by atoms with Gasteiger partial charge in [0.25, 0.3) is 0 Å². The van der Waals surface area contributed by atoms with Crippen LogP contribution >= 0.6 is 0 Å². The van der Waals surface area contributed by atoms with Crippen LogP contribution < -0.4 is 0 Å². The Balaban J connectivity index is 5.79. The lowest BCUT2D eigenvalue weighted by Crippen LogP contribution is -2.50. The second-order valence-corrected chi connectivity index (χ2v) is 24.2. The Morgan fingerprint density at radius 1 is 0.775 bits per heavy atom. The van der Waals surface area contributed by atoms with Crippen LogP contribution in [0.25, 0.3) is 0 Å². The molecule has 0 aromatic rings. The van der Waals surface area contributed by atoms with E-state index in [0.29, 0.717) is 32.5 Å². The Bertz CT molecular complexity index is 730. The Kier molecular flexibility index (Phi) is 17.7. The average molecular weight is 604 g/mol. The van der Waals surface area contributed by atoms with Gasteiger partial charge in [0, 0.05) is 26.1 Å². The van der Waals surface area contributed by atoms with Gasteiger partial charge in [0.1, 0.15) is 6.04 Å². The normalized spacial score (nSPS) is 14.9. The molecule has 2 N–H and O–H groups in total. The first-order valence-corrected chi connectivity index (χ1v) is 21.6. The fraction of sp³-hybridized carbons (Fsp3) is 0.935. The molecule has 0 radical (unpaired) electrons. The lowest BCUT2D eigenvalue weighted by atomic mass is 10.0. The van der Waals surface area contributed by atoms with Gasteiger partial charge in [-0.25, -0.2) is 0 Å². The standard InChI is InChI=1S/C31H65NO6Si2/c1-12-13-14-17-21-27(29(35)36)32(23-19-24-37-39(8,9)30(2,3)4)25-26(20-16-15-18-22-28(33)34)38-40(10,11)31(5,6)7/h26-27H,12-25H2,1-11H3,(H,33,34)(H,35,36). The predicted molar refractivity (Wildman–Crippen MR) is 172 cm³/mol. The number of aliphatic carboxylic acids is 2. The summed E-state index contributed by atoms with van der Waals surface area (Å²) in [5.41, 5.74) is 0. The first-order chi connectivity index (χ1) is 18.2. The minimum atomic E-state index is -2.09. The van der Waals surface area contributed by atoms with Crippen molar-refractivity contribution in [3.8, 4) is 0 Å². The van der Waals surface area contributed by atoms with Crippen LogP contribution in [-0.2, 0) is 18.4 Å². The van der Waals surface area contributed by atoms with Gasteiger partial charge >= 0.3 is 11.9 Å². The summed E-state index contributed by atoms with van der Waals surface area (Å²) in [5, 5.41) is 19.5. The quantitative estimate of drug-likeness (QED) is 0.0945. The van der Waals surface area contributed by atoms with Crippen molar-refractivity contribution in [1.82, 2.24) is 4.90 Å². The molecule has 2 atom stereocenters. The highest BCUT2D eigenvalue weighted by atomic mass is 28.4. The number of carboxylic acids is 2. The van der Waals surface area contributed by atoms with Gasteiger partial charge in [0.2, 0.25) is 0 Å². The molecular formula is C31H65NO6Si2. The van der Waals surface area contributed by atoms with Gasteiger partial charge in [-0.2, -0.15) is 0 Å². The molecule has 0 amide bonds. The van der Waals surface area contributed by atoms with Crippen LogP contribution in [0, 0.1) is 0 Å². The number of hydrogen-bond acceptors (Lipinski definition) is 5. The van der Waals surface area contributed by atoms with E-state index in [4.69, 9.17) is 14.0 Å². The molecule has 0 rings (SSSR count). The van der Waals surface area contributed by atoms with E-state index in [9.17, 15) is 14.7 Å². The topological polar surface area (TPSA) is 96.3 Å². The van der Waals surface area contributed by atoms with Gasteiger partial charge < -0.3 is 19.1 Å². The van der Waals surface area contributed by atoms with Crippen molar-refractivity contribution in [3.63, 3.8) is 0 Å². The number of carbonyl (C=O) groups is 2. The molecule has 238 valence electrons. The molecule has 40 heavy (non-hydrogen) atoms. The van der Waals surface area contributed by atoms with Gasteiger partial charge in [0.15, 0.2) is 16.6 Å². The number of hydrogen-bond donors (Lipinski definition) is 2. The zero-order chi connectivity index (χ0) is 31.2. The van der Waals surface area contributed by atoms with Crippen molar-refractivity contribution in [2.24, 2.45) is 0 Å². The van der Waals surface area contributed by atoms with Crippen molar-refractivity contribution in [1.29, 1.82) is 0 Å². The van der Waals surface area contributed by atoms with E-state index in [1.807, 2.05) is 0 Å². The monoisotopic (exact) mass is 603 g/mol. The molecule has 7 nitrogen and oxygen atoms in total. The highest BCUT2D eigenvalue weighted by molar-refractivity contribution is 6.74. The second-order valence-electron chi connectivity index (χ2n) is 14.7. The fourth-order valence-electron chi connectivity index (χ4n) is 4.28. The second kappa shape index (κ2) is 18.0. The fourth-order valence-corrected chi connectivity index (χ4v) is 6.75.